The fraction of sp³-hybridized carbons (Fsp3) is 0.500. The van der Waals surface area contributed by atoms with Gasteiger partial charge in [-0.1, -0.05) is 30.3 Å². The van der Waals surface area contributed by atoms with Gasteiger partial charge in [0.25, 0.3) is 0 Å². The summed E-state index contributed by atoms with van der Waals surface area (Å²) < 4.78 is 0. The van der Waals surface area contributed by atoms with Gasteiger partial charge in [-0.2, -0.15) is 0 Å². The van der Waals surface area contributed by atoms with Gasteiger partial charge in [0, 0.05) is 25.7 Å². The van der Waals surface area contributed by atoms with Crippen LogP contribution in [0.2, 0.25) is 0 Å². The maximum absolute atomic E-state index is 2.51. The third kappa shape index (κ3) is 2.56. The molecule has 0 aliphatic carbocycles. The summed E-state index contributed by atoms with van der Waals surface area (Å²) in [7, 11) is 4.28. The van der Waals surface area contributed by atoms with E-state index < -0.39 is 0 Å². The zero-order valence-corrected chi connectivity index (χ0v) is 8.98. The molecular weight excluding hydrogens is 172 g/mol. The molecule has 1 heterocycles. The van der Waals surface area contributed by atoms with E-state index in [1.165, 1.54) is 18.7 Å². The number of nitrogens with zero attached hydrogens (tertiary/aromatic N) is 2. The molecule has 2 heteroatoms. The molecule has 2 nitrogen and oxygen atoms in total. The highest BCUT2D eigenvalue weighted by molar-refractivity contribution is 5.15. The largest absolute Gasteiger partial charge is 0.308 e. The summed E-state index contributed by atoms with van der Waals surface area (Å²) in [6.07, 6.45) is 0. The van der Waals surface area contributed by atoms with E-state index in [0.717, 1.165) is 12.6 Å². The first kappa shape index (κ1) is 9.69. The van der Waals surface area contributed by atoms with Gasteiger partial charge >= 0.3 is 0 Å². The Bertz CT molecular complexity index is 282. The Kier molecular flexibility index (Phi) is 2.85. The van der Waals surface area contributed by atoms with Crippen LogP contribution in [-0.4, -0.2) is 43.0 Å². The highest BCUT2D eigenvalue weighted by Gasteiger charge is 2.33. The minimum atomic E-state index is 0.783. The normalized spacial score (nSPS) is 25.4. The molecule has 1 aliphatic heterocycles. The van der Waals surface area contributed by atoms with Crippen molar-refractivity contribution in [2.24, 2.45) is 0 Å². The Hall–Kier alpha value is -0.860. The molecule has 0 N–H and O–H groups in total. The molecule has 0 amide bonds. The SMILES string of the molecule is CN(C)CC1CN1Cc1ccccc1. The second-order valence-corrected chi connectivity index (χ2v) is 4.33. The Balaban J connectivity index is 1.79. The van der Waals surface area contributed by atoms with E-state index in [9.17, 15) is 0 Å². The maximum atomic E-state index is 2.51. The third-order valence-corrected chi connectivity index (χ3v) is 2.63. The van der Waals surface area contributed by atoms with Crippen molar-refractivity contribution in [2.45, 2.75) is 12.6 Å². The number of benzene rings is 1. The van der Waals surface area contributed by atoms with E-state index in [0.29, 0.717) is 0 Å². The van der Waals surface area contributed by atoms with Gasteiger partial charge in [0.05, 0.1) is 0 Å². The summed E-state index contributed by atoms with van der Waals surface area (Å²) in [5.74, 6) is 0. The van der Waals surface area contributed by atoms with Gasteiger partial charge in [-0.05, 0) is 19.7 Å². The smallest absolute Gasteiger partial charge is 0.0354 e. The highest BCUT2D eigenvalue weighted by atomic mass is 15.3. The Morgan fingerprint density at radius 1 is 1.29 bits per heavy atom. The van der Waals surface area contributed by atoms with E-state index in [-0.39, 0.29) is 0 Å². The van der Waals surface area contributed by atoms with Gasteiger partial charge < -0.3 is 4.90 Å². The van der Waals surface area contributed by atoms with Crippen LogP contribution < -0.4 is 0 Å². The lowest BCUT2D eigenvalue weighted by Crippen LogP contribution is -2.20. The molecule has 1 aromatic carbocycles. The lowest BCUT2D eigenvalue weighted by Gasteiger charge is -2.09. The van der Waals surface area contributed by atoms with Crippen LogP contribution in [0.5, 0.6) is 0 Å². The first-order valence-corrected chi connectivity index (χ1v) is 5.18. The van der Waals surface area contributed by atoms with Gasteiger partial charge in [-0.25, -0.2) is 0 Å². The first-order chi connectivity index (χ1) is 6.75. The van der Waals surface area contributed by atoms with E-state index >= 15 is 0 Å². The van der Waals surface area contributed by atoms with Crippen LogP contribution in [-0.2, 0) is 6.54 Å². The van der Waals surface area contributed by atoms with Crippen LogP contribution in [0.1, 0.15) is 5.56 Å². The summed E-state index contributed by atoms with van der Waals surface area (Å²) in [6.45, 7) is 3.55. The number of hydrogen-bond donors (Lipinski definition) is 0. The molecule has 0 bridgehead atoms. The third-order valence-electron chi connectivity index (χ3n) is 2.63. The molecule has 76 valence electrons. The van der Waals surface area contributed by atoms with Crippen molar-refractivity contribution in [3.8, 4) is 0 Å². The van der Waals surface area contributed by atoms with Crippen molar-refractivity contribution in [3.63, 3.8) is 0 Å². The van der Waals surface area contributed by atoms with Gasteiger partial charge in [0.1, 0.15) is 0 Å². The predicted molar refractivity (Wildman–Crippen MR) is 59.2 cm³/mol. The molecule has 1 fully saturated rings. The predicted octanol–water partition coefficient (Wildman–Crippen LogP) is 1.43. The summed E-state index contributed by atoms with van der Waals surface area (Å²) in [5, 5.41) is 0. The van der Waals surface area contributed by atoms with Crippen molar-refractivity contribution >= 4 is 0 Å². The van der Waals surface area contributed by atoms with E-state index in [4.69, 9.17) is 0 Å². The number of rotatable bonds is 4. The van der Waals surface area contributed by atoms with Crippen LogP contribution in [0.15, 0.2) is 30.3 Å². The van der Waals surface area contributed by atoms with Crippen LogP contribution >= 0.6 is 0 Å². The summed E-state index contributed by atoms with van der Waals surface area (Å²) in [4.78, 5) is 4.77. The van der Waals surface area contributed by atoms with Gasteiger partial charge in [-0.15, -0.1) is 0 Å². The zero-order valence-electron chi connectivity index (χ0n) is 8.98. The Morgan fingerprint density at radius 2 is 2.00 bits per heavy atom. The second-order valence-electron chi connectivity index (χ2n) is 4.33. The molecule has 0 saturated carbocycles. The maximum Gasteiger partial charge on any atom is 0.0354 e. The van der Waals surface area contributed by atoms with E-state index in [2.05, 4.69) is 54.2 Å². The van der Waals surface area contributed by atoms with Gasteiger partial charge in [-0.3, -0.25) is 4.90 Å². The lowest BCUT2D eigenvalue weighted by atomic mass is 10.2. The van der Waals surface area contributed by atoms with Crippen molar-refractivity contribution < 1.29 is 0 Å². The average Bonchev–Trinajstić information content (AvgIpc) is 2.84. The Labute approximate surface area is 86.1 Å². The lowest BCUT2D eigenvalue weighted by molar-refractivity contribution is 0.368. The van der Waals surface area contributed by atoms with E-state index in [1.54, 1.807) is 0 Å². The van der Waals surface area contributed by atoms with Crippen LogP contribution in [0.3, 0.4) is 0 Å². The number of hydrogen-bond acceptors (Lipinski definition) is 2. The molecule has 14 heavy (non-hydrogen) atoms. The second kappa shape index (κ2) is 4.11. The quantitative estimate of drug-likeness (QED) is 0.663. The average molecular weight is 190 g/mol. The molecule has 1 aromatic rings. The van der Waals surface area contributed by atoms with Gasteiger partial charge in [0.2, 0.25) is 0 Å². The molecule has 0 spiro atoms. The summed E-state index contributed by atoms with van der Waals surface area (Å²) in [6, 6.07) is 11.5. The fourth-order valence-corrected chi connectivity index (χ4v) is 1.83. The monoisotopic (exact) mass is 190 g/mol. The Morgan fingerprint density at radius 3 is 2.64 bits per heavy atom. The zero-order chi connectivity index (χ0) is 9.97. The minimum absolute atomic E-state index is 0.783. The molecule has 2 atom stereocenters. The molecule has 1 aliphatic rings. The summed E-state index contributed by atoms with van der Waals surface area (Å²) >= 11 is 0. The van der Waals surface area contributed by atoms with Crippen LogP contribution in [0, 0.1) is 0 Å². The molecule has 1 saturated heterocycles. The minimum Gasteiger partial charge on any atom is -0.308 e. The van der Waals surface area contributed by atoms with E-state index in [1.807, 2.05) is 0 Å². The molecule has 0 radical (unpaired) electrons. The van der Waals surface area contributed by atoms with Crippen molar-refractivity contribution in [1.82, 2.24) is 9.80 Å². The summed E-state index contributed by atoms with van der Waals surface area (Å²) in [5.41, 5.74) is 1.42. The van der Waals surface area contributed by atoms with Gasteiger partial charge in [0.15, 0.2) is 0 Å². The number of likely N-dealkylation sites (N-methyl/N-ethyl adjacent to an activating group) is 1. The first-order valence-electron chi connectivity index (χ1n) is 5.18. The molecule has 2 unspecified atom stereocenters. The topological polar surface area (TPSA) is 6.25 Å². The molecular formula is C12H18N2. The van der Waals surface area contributed by atoms with Crippen LogP contribution in [0.25, 0.3) is 0 Å². The molecule has 2 rings (SSSR count). The standard InChI is InChI=1S/C12H18N2/c1-13(2)9-12-10-14(12)8-11-6-4-3-5-7-11/h3-7,12H,8-10H2,1-2H3. The fourth-order valence-electron chi connectivity index (χ4n) is 1.83. The van der Waals surface area contributed by atoms with Crippen molar-refractivity contribution in [3.05, 3.63) is 35.9 Å². The highest BCUT2D eigenvalue weighted by Crippen LogP contribution is 2.20. The molecule has 0 aromatic heterocycles. The van der Waals surface area contributed by atoms with Crippen molar-refractivity contribution in [2.75, 3.05) is 27.2 Å². The van der Waals surface area contributed by atoms with Crippen LogP contribution in [0.4, 0.5) is 0 Å². The van der Waals surface area contributed by atoms with Crippen molar-refractivity contribution in [1.29, 1.82) is 0 Å².